The van der Waals surface area contributed by atoms with Gasteiger partial charge in [0.25, 0.3) is 5.56 Å². The van der Waals surface area contributed by atoms with Crippen LogP contribution < -0.4 is 11.2 Å². The molecule has 104 valence electrons. The number of hydrogen-bond donors (Lipinski definition) is 1. The van der Waals surface area contributed by atoms with Crippen molar-refractivity contribution in [2.45, 2.75) is 45.6 Å². The number of aryl methyl sites for hydroxylation is 1. The van der Waals surface area contributed by atoms with Crippen LogP contribution in [-0.4, -0.2) is 27.7 Å². The molecule has 1 aliphatic heterocycles. The standard InChI is InChI=1S/C12H16N2O5/c1-6-5-14(12(17)13-10(6)16)11-9(19-8(3)15)4-7(2)18-11/h5,7,9,11H,4H2,1-3H3,(H,13,16,17). The maximum atomic E-state index is 11.8. The Morgan fingerprint density at radius 2 is 2.21 bits per heavy atom. The first-order valence-corrected chi connectivity index (χ1v) is 6.03. The van der Waals surface area contributed by atoms with Gasteiger partial charge in [0.1, 0.15) is 6.10 Å². The Balaban J connectivity index is 2.39. The molecule has 7 heteroatoms. The number of H-pyrrole nitrogens is 1. The van der Waals surface area contributed by atoms with E-state index in [1.54, 1.807) is 6.92 Å². The Morgan fingerprint density at radius 3 is 2.84 bits per heavy atom. The highest BCUT2D eigenvalue weighted by molar-refractivity contribution is 5.66. The molecule has 0 saturated carbocycles. The predicted molar refractivity (Wildman–Crippen MR) is 65.8 cm³/mol. The van der Waals surface area contributed by atoms with Crippen LogP contribution in [0.2, 0.25) is 0 Å². The fourth-order valence-corrected chi connectivity index (χ4v) is 2.16. The molecule has 2 heterocycles. The van der Waals surface area contributed by atoms with Crippen molar-refractivity contribution in [2.24, 2.45) is 0 Å². The van der Waals surface area contributed by atoms with Crippen LogP contribution in [-0.2, 0) is 14.3 Å². The van der Waals surface area contributed by atoms with E-state index in [0.717, 1.165) is 0 Å². The van der Waals surface area contributed by atoms with Crippen LogP contribution >= 0.6 is 0 Å². The van der Waals surface area contributed by atoms with Gasteiger partial charge in [-0.2, -0.15) is 0 Å². The Hall–Kier alpha value is -1.89. The van der Waals surface area contributed by atoms with Gasteiger partial charge in [-0.05, 0) is 13.8 Å². The quantitative estimate of drug-likeness (QED) is 0.767. The monoisotopic (exact) mass is 268 g/mol. The number of aromatic nitrogens is 2. The van der Waals surface area contributed by atoms with E-state index >= 15 is 0 Å². The molecule has 1 aromatic heterocycles. The summed E-state index contributed by atoms with van der Waals surface area (Å²) in [6, 6.07) is 0. The summed E-state index contributed by atoms with van der Waals surface area (Å²) in [6.07, 6.45) is 0.556. The number of aromatic amines is 1. The number of hydrogen-bond acceptors (Lipinski definition) is 5. The third kappa shape index (κ3) is 2.76. The molecule has 0 aromatic carbocycles. The van der Waals surface area contributed by atoms with Crippen molar-refractivity contribution >= 4 is 5.97 Å². The molecule has 0 aliphatic carbocycles. The summed E-state index contributed by atoms with van der Waals surface area (Å²) in [4.78, 5) is 36.4. The van der Waals surface area contributed by atoms with E-state index in [2.05, 4.69) is 4.98 Å². The van der Waals surface area contributed by atoms with Crippen LogP contribution in [0.1, 0.15) is 32.1 Å². The van der Waals surface area contributed by atoms with E-state index in [1.807, 2.05) is 6.92 Å². The van der Waals surface area contributed by atoms with Gasteiger partial charge in [0, 0.05) is 25.1 Å². The second-order valence-corrected chi connectivity index (χ2v) is 4.70. The van der Waals surface area contributed by atoms with Crippen molar-refractivity contribution in [1.29, 1.82) is 0 Å². The Bertz CT molecular complexity index is 603. The fourth-order valence-electron chi connectivity index (χ4n) is 2.16. The van der Waals surface area contributed by atoms with Crippen molar-refractivity contribution in [1.82, 2.24) is 9.55 Å². The van der Waals surface area contributed by atoms with Crippen molar-refractivity contribution in [2.75, 3.05) is 0 Å². The Labute approximate surface area is 109 Å². The third-order valence-corrected chi connectivity index (χ3v) is 2.99. The smallest absolute Gasteiger partial charge is 0.330 e. The zero-order valence-corrected chi connectivity index (χ0v) is 11.0. The largest absolute Gasteiger partial charge is 0.458 e. The maximum Gasteiger partial charge on any atom is 0.330 e. The SMILES string of the molecule is CC(=O)OC1CC(C)OC1n1cc(C)c(=O)[nH]c1=O. The predicted octanol–water partition coefficient (Wildman–Crippen LogP) is 0.0841. The molecule has 19 heavy (non-hydrogen) atoms. The van der Waals surface area contributed by atoms with Crippen molar-refractivity contribution < 1.29 is 14.3 Å². The fraction of sp³-hybridized carbons (Fsp3) is 0.583. The number of rotatable bonds is 2. The Morgan fingerprint density at radius 1 is 1.53 bits per heavy atom. The molecule has 1 aliphatic rings. The zero-order valence-electron chi connectivity index (χ0n) is 11.0. The molecule has 1 saturated heterocycles. The third-order valence-electron chi connectivity index (χ3n) is 2.99. The maximum absolute atomic E-state index is 11.8. The van der Waals surface area contributed by atoms with Gasteiger partial charge in [0.15, 0.2) is 6.23 Å². The summed E-state index contributed by atoms with van der Waals surface area (Å²) < 4.78 is 12.0. The molecule has 2 rings (SSSR count). The molecule has 0 radical (unpaired) electrons. The van der Waals surface area contributed by atoms with E-state index in [0.29, 0.717) is 12.0 Å². The van der Waals surface area contributed by atoms with Gasteiger partial charge >= 0.3 is 11.7 Å². The van der Waals surface area contributed by atoms with Gasteiger partial charge in [-0.15, -0.1) is 0 Å². The molecule has 7 nitrogen and oxygen atoms in total. The van der Waals surface area contributed by atoms with Gasteiger partial charge < -0.3 is 9.47 Å². The van der Waals surface area contributed by atoms with E-state index in [9.17, 15) is 14.4 Å². The molecule has 1 N–H and O–H groups in total. The summed E-state index contributed by atoms with van der Waals surface area (Å²) in [5.41, 5.74) is -0.618. The van der Waals surface area contributed by atoms with E-state index in [1.165, 1.54) is 17.7 Å². The van der Waals surface area contributed by atoms with Crippen molar-refractivity contribution in [3.63, 3.8) is 0 Å². The minimum absolute atomic E-state index is 0.131. The second kappa shape index (κ2) is 5.00. The van der Waals surface area contributed by atoms with E-state index < -0.39 is 29.6 Å². The summed E-state index contributed by atoms with van der Waals surface area (Å²) in [5, 5.41) is 0. The first-order chi connectivity index (χ1) is 8.88. The highest BCUT2D eigenvalue weighted by Gasteiger charge is 2.37. The first kappa shape index (κ1) is 13.5. The van der Waals surface area contributed by atoms with Crippen LogP contribution in [0.15, 0.2) is 15.8 Å². The number of nitrogens with one attached hydrogen (secondary N) is 1. The number of ether oxygens (including phenoxy) is 2. The van der Waals surface area contributed by atoms with Gasteiger partial charge in [-0.3, -0.25) is 19.1 Å². The highest BCUT2D eigenvalue weighted by Crippen LogP contribution is 2.30. The van der Waals surface area contributed by atoms with Gasteiger partial charge in [-0.25, -0.2) is 4.79 Å². The molecular formula is C12H16N2O5. The molecule has 3 unspecified atom stereocenters. The summed E-state index contributed by atoms with van der Waals surface area (Å²) in [5.74, 6) is -0.429. The zero-order chi connectivity index (χ0) is 14.2. The number of nitrogens with zero attached hydrogens (tertiary/aromatic N) is 1. The second-order valence-electron chi connectivity index (χ2n) is 4.70. The van der Waals surface area contributed by atoms with Gasteiger partial charge in [0.2, 0.25) is 0 Å². The summed E-state index contributed by atoms with van der Waals surface area (Å²) in [7, 11) is 0. The normalized spacial score (nSPS) is 26.4. The lowest BCUT2D eigenvalue weighted by Gasteiger charge is -2.20. The number of carbonyl (C=O) groups excluding carboxylic acids is 1. The van der Waals surface area contributed by atoms with Crippen LogP contribution in [0, 0.1) is 6.92 Å². The lowest BCUT2D eigenvalue weighted by molar-refractivity contribution is -0.152. The van der Waals surface area contributed by atoms with Gasteiger partial charge in [0.05, 0.1) is 6.10 Å². The number of esters is 1. The molecule has 0 amide bonds. The van der Waals surface area contributed by atoms with E-state index in [4.69, 9.17) is 9.47 Å². The molecule has 1 fully saturated rings. The number of carbonyl (C=O) groups is 1. The average molecular weight is 268 g/mol. The average Bonchev–Trinajstić information content (AvgIpc) is 2.63. The lowest BCUT2D eigenvalue weighted by atomic mass is 10.2. The van der Waals surface area contributed by atoms with Crippen LogP contribution in [0.4, 0.5) is 0 Å². The molecule has 1 aromatic rings. The van der Waals surface area contributed by atoms with Crippen molar-refractivity contribution in [3.05, 3.63) is 32.6 Å². The summed E-state index contributed by atoms with van der Waals surface area (Å²) >= 11 is 0. The van der Waals surface area contributed by atoms with Gasteiger partial charge in [-0.1, -0.05) is 0 Å². The highest BCUT2D eigenvalue weighted by atomic mass is 16.6. The topological polar surface area (TPSA) is 90.4 Å². The van der Waals surface area contributed by atoms with Crippen LogP contribution in [0.3, 0.4) is 0 Å². The molecule has 0 bridgehead atoms. The molecule has 3 atom stereocenters. The minimum Gasteiger partial charge on any atom is -0.458 e. The van der Waals surface area contributed by atoms with Crippen molar-refractivity contribution in [3.8, 4) is 0 Å². The molecular weight excluding hydrogens is 252 g/mol. The van der Waals surface area contributed by atoms with Crippen LogP contribution in [0.25, 0.3) is 0 Å². The van der Waals surface area contributed by atoms with E-state index in [-0.39, 0.29) is 6.10 Å². The first-order valence-electron chi connectivity index (χ1n) is 6.03. The lowest BCUT2D eigenvalue weighted by Crippen LogP contribution is -2.37. The summed E-state index contributed by atoms with van der Waals surface area (Å²) in [6.45, 7) is 4.73. The Kier molecular flexibility index (Phi) is 3.57. The van der Waals surface area contributed by atoms with Crippen LogP contribution in [0.5, 0.6) is 0 Å². The minimum atomic E-state index is -0.707. The molecule has 0 spiro atoms.